The first kappa shape index (κ1) is 27.7. The third-order valence-corrected chi connectivity index (χ3v) is 7.89. The van der Waals surface area contributed by atoms with Crippen molar-refractivity contribution in [2.24, 2.45) is 0 Å². The van der Waals surface area contributed by atoms with Crippen LogP contribution in [0, 0.1) is 13.8 Å². The van der Waals surface area contributed by atoms with Crippen LogP contribution in [0.3, 0.4) is 0 Å². The molecule has 2 amide bonds. The van der Waals surface area contributed by atoms with Crippen molar-refractivity contribution in [2.75, 3.05) is 25.0 Å². The smallest absolute Gasteiger partial charge is 0.264 e. The summed E-state index contributed by atoms with van der Waals surface area (Å²) in [5.74, 6) is -0.336. The number of hydrogen-bond donors (Lipinski definition) is 1. The van der Waals surface area contributed by atoms with Crippen LogP contribution < -0.4 is 14.4 Å². The van der Waals surface area contributed by atoms with E-state index in [1.54, 1.807) is 43.3 Å². The summed E-state index contributed by atoms with van der Waals surface area (Å²) in [6.07, 6.45) is 0. The van der Waals surface area contributed by atoms with Crippen LogP contribution in [0.25, 0.3) is 0 Å². The van der Waals surface area contributed by atoms with Crippen LogP contribution in [0.15, 0.2) is 77.7 Å². The Balaban J connectivity index is 2.02. The molecule has 3 rings (SSSR count). The van der Waals surface area contributed by atoms with Crippen molar-refractivity contribution in [1.29, 1.82) is 0 Å². The van der Waals surface area contributed by atoms with E-state index in [4.69, 9.17) is 4.74 Å². The third kappa shape index (κ3) is 6.68. The maximum atomic E-state index is 13.8. The zero-order valence-electron chi connectivity index (χ0n) is 21.8. The van der Waals surface area contributed by atoms with E-state index >= 15 is 0 Å². The number of ether oxygens (including phenoxy) is 1. The molecular formula is C28H33N3O5S. The maximum Gasteiger partial charge on any atom is 0.264 e. The zero-order valence-corrected chi connectivity index (χ0v) is 22.6. The highest BCUT2D eigenvalue weighted by atomic mass is 32.2. The Hall–Kier alpha value is -3.85. The number of carbonyl (C=O) groups is 2. The fourth-order valence-electron chi connectivity index (χ4n) is 3.91. The highest BCUT2D eigenvalue weighted by molar-refractivity contribution is 7.92. The number of hydrogen-bond acceptors (Lipinski definition) is 5. The SMILES string of the molecule is CNC(=O)C(C)N(Cc1cccc(C)c1)C(=O)CN(c1ccc(C)cc1)S(=O)(=O)c1ccc(OC)cc1. The largest absolute Gasteiger partial charge is 0.497 e. The van der Waals surface area contributed by atoms with Crippen LogP contribution in [-0.2, 0) is 26.2 Å². The minimum Gasteiger partial charge on any atom is -0.497 e. The molecule has 9 heteroatoms. The number of benzene rings is 3. The molecule has 0 saturated heterocycles. The zero-order chi connectivity index (χ0) is 27.2. The molecule has 0 aliphatic rings. The number of anilines is 1. The molecular weight excluding hydrogens is 490 g/mol. The number of nitrogens with zero attached hydrogens (tertiary/aromatic N) is 2. The van der Waals surface area contributed by atoms with Gasteiger partial charge < -0.3 is 15.0 Å². The lowest BCUT2D eigenvalue weighted by Gasteiger charge is -2.32. The molecule has 0 fully saturated rings. The number of methoxy groups -OCH3 is 1. The van der Waals surface area contributed by atoms with Gasteiger partial charge in [-0.25, -0.2) is 8.42 Å². The van der Waals surface area contributed by atoms with Crippen LogP contribution in [0.4, 0.5) is 5.69 Å². The van der Waals surface area contributed by atoms with Gasteiger partial charge in [-0.15, -0.1) is 0 Å². The number of carbonyl (C=O) groups excluding carboxylic acids is 2. The summed E-state index contributed by atoms with van der Waals surface area (Å²) in [7, 11) is -1.12. The molecule has 0 aliphatic heterocycles. The molecule has 0 radical (unpaired) electrons. The van der Waals surface area contributed by atoms with Crippen molar-refractivity contribution in [2.45, 2.75) is 38.3 Å². The summed E-state index contributed by atoms with van der Waals surface area (Å²) in [6, 6.07) is 19.7. The first-order chi connectivity index (χ1) is 17.6. The van der Waals surface area contributed by atoms with E-state index in [0.717, 1.165) is 21.0 Å². The second kappa shape index (κ2) is 11.9. The van der Waals surface area contributed by atoms with Gasteiger partial charge in [-0.3, -0.25) is 13.9 Å². The maximum absolute atomic E-state index is 13.8. The van der Waals surface area contributed by atoms with E-state index in [-0.39, 0.29) is 17.3 Å². The molecule has 0 saturated carbocycles. The van der Waals surface area contributed by atoms with E-state index in [9.17, 15) is 18.0 Å². The molecule has 0 spiro atoms. The monoisotopic (exact) mass is 523 g/mol. The van der Waals surface area contributed by atoms with Gasteiger partial charge in [0.15, 0.2) is 0 Å². The molecule has 1 atom stereocenters. The molecule has 8 nitrogen and oxygen atoms in total. The van der Waals surface area contributed by atoms with Gasteiger partial charge in [0.25, 0.3) is 10.0 Å². The Morgan fingerprint density at radius 3 is 2.16 bits per heavy atom. The number of nitrogens with one attached hydrogen (secondary N) is 1. The molecule has 1 N–H and O–H groups in total. The van der Waals surface area contributed by atoms with Crippen LogP contribution in [-0.4, -0.2) is 51.9 Å². The van der Waals surface area contributed by atoms with Gasteiger partial charge in [0.05, 0.1) is 17.7 Å². The van der Waals surface area contributed by atoms with E-state index in [2.05, 4.69) is 5.32 Å². The van der Waals surface area contributed by atoms with Crippen LogP contribution >= 0.6 is 0 Å². The Kier molecular flexibility index (Phi) is 8.94. The molecule has 1 unspecified atom stereocenters. The Morgan fingerprint density at radius 1 is 0.946 bits per heavy atom. The lowest BCUT2D eigenvalue weighted by Crippen LogP contribution is -2.50. The van der Waals surface area contributed by atoms with Crippen molar-refractivity contribution in [1.82, 2.24) is 10.2 Å². The Morgan fingerprint density at radius 2 is 1.59 bits per heavy atom. The molecule has 0 aliphatic carbocycles. The topological polar surface area (TPSA) is 96.0 Å². The molecule has 0 heterocycles. The van der Waals surface area contributed by atoms with Crippen molar-refractivity contribution >= 4 is 27.5 Å². The lowest BCUT2D eigenvalue weighted by atomic mass is 10.1. The van der Waals surface area contributed by atoms with Crippen molar-refractivity contribution in [3.63, 3.8) is 0 Å². The highest BCUT2D eigenvalue weighted by Gasteiger charge is 2.32. The van der Waals surface area contributed by atoms with E-state index < -0.39 is 28.5 Å². The van der Waals surface area contributed by atoms with Crippen LogP contribution in [0.1, 0.15) is 23.6 Å². The first-order valence-corrected chi connectivity index (χ1v) is 13.3. The summed E-state index contributed by atoms with van der Waals surface area (Å²) >= 11 is 0. The van der Waals surface area contributed by atoms with Gasteiger partial charge >= 0.3 is 0 Å². The molecule has 0 bridgehead atoms. The van der Waals surface area contributed by atoms with Gasteiger partial charge in [0.2, 0.25) is 11.8 Å². The number of amides is 2. The lowest BCUT2D eigenvalue weighted by molar-refractivity contribution is -0.139. The predicted molar refractivity (Wildman–Crippen MR) is 144 cm³/mol. The molecule has 0 aromatic heterocycles. The molecule has 37 heavy (non-hydrogen) atoms. The van der Waals surface area contributed by atoms with E-state index in [1.165, 1.54) is 31.2 Å². The molecule has 3 aromatic carbocycles. The average Bonchev–Trinajstić information content (AvgIpc) is 2.90. The fraction of sp³-hybridized carbons (Fsp3) is 0.286. The number of likely N-dealkylation sites (N-methyl/N-ethyl adjacent to an activating group) is 1. The Labute approximate surface area is 218 Å². The van der Waals surface area contributed by atoms with Crippen LogP contribution in [0.5, 0.6) is 5.75 Å². The normalized spacial score (nSPS) is 11.9. The summed E-state index contributed by atoms with van der Waals surface area (Å²) in [5.41, 5.74) is 3.15. The van der Waals surface area contributed by atoms with Gasteiger partial charge in [0.1, 0.15) is 18.3 Å². The second-order valence-corrected chi connectivity index (χ2v) is 10.7. The van der Waals surface area contributed by atoms with E-state index in [1.807, 2.05) is 38.1 Å². The third-order valence-electron chi connectivity index (χ3n) is 6.10. The van der Waals surface area contributed by atoms with Gasteiger partial charge in [-0.1, -0.05) is 47.5 Å². The van der Waals surface area contributed by atoms with Crippen LogP contribution in [0.2, 0.25) is 0 Å². The predicted octanol–water partition coefficient (Wildman–Crippen LogP) is 3.67. The van der Waals surface area contributed by atoms with Crippen molar-refractivity contribution < 1.29 is 22.7 Å². The number of sulfonamides is 1. The van der Waals surface area contributed by atoms with Crippen molar-refractivity contribution in [3.8, 4) is 5.75 Å². The average molecular weight is 524 g/mol. The first-order valence-electron chi connectivity index (χ1n) is 11.9. The number of rotatable bonds is 10. The number of aryl methyl sites for hydroxylation is 2. The van der Waals surface area contributed by atoms with Crippen molar-refractivity contribution in [3.05, 3.63) is 89.5 Å². The van der Waals surface area contributed by atoms with Gasteiger partial charge in [-0.2, -0.15) is 0 Å². The van der Waals surface area contributed by atoms with Gasteiger partial charge in [-0.05, 0) is 62.7 Å². The summed E-state index contributed by atoms with van der Waals surface area (Å²) in [4.78, 5) is 27.7. The minimum atomic E-state index is -4.12. The van der Waals surface area contributed by atoms with Gasteiger partial charge in [0, 0.05) is 13.6 Å². The summed E-state index contributed by atoms with van der Waals surface area (Å²) in [6.45, 7) is 5.13. The fourth-order valence-corrected chi connectivity index (χ4v) is 5.33. The molecule has 196 valence electrons. The minimum absolute atomic E-state index is 0.0197. The second-order valence-electron chi connectivity index (χ2n) is 8.82. The molecule has 3 aromatic rings. The summed E-state index contributed by atoms with van der Waals surface area (Å²) in [5, 5.41) is 2.58. The quantitative estimate of drug-likeness (QED) is 0.438. The summed E-state index contributed by atoms with van der Waals surface area (Å²) < 4.78 is 33.8. The van der Waals surface area contributed by atoms with E-state index in [0.29, 0.717) is 11.4 Å². The Bertz CT molecular complexity index is 1340. The highest BCUT2D eigenvalue weighted by Crippen LogP contribution is 2.26. The standard InChI is InChI=1S/C28H33N3O5S/c1-20-9-11-24(12-10-20)31(37(34,35)26-15-13-25(36-5)14-16-26)19-27(32)30(22(3)28(33)29-4)18-23-8-6-7-21(2)17-23/h6-17,22H,18-19H2,1-5H3,(H,29,33).